The number of rotatable bonds is 7. The monoisotopic (exact) mass is 305 g/mol. The van der Waals surface area contributed by atoms with E-state index in [0.717, 1.165) is 13.1 Å². The molecule has 0 unspecified atom stereocenters. The van der Waals surface area contributed by atoms with Crippen LogP contribution in [0.3, 0.4) is 0 Å². The van der Waals surface area contributed by atoms with E-state index in [1.807, 2.05) is 20.0 Å². The van der Waals surface area contributed by atoms with Crippen LogP contribution >= 0.6 is 0 Å². The summed E-state index contributed by atoms with van der Waals surface area (Å²) in [7, 11) is 1.83. The number of nitrogens with one attached hydrogen (secondary N) is 1. The van der Waals surface area contributed by atoms with Crippen LogP contribution in [-0.2, 0) is 11.3 Å². The Labute approximate surface area is 133 Å². The summed E-state index contributed by atoms with van der Waals surface area (Å²) in [5.74, 6) is 0. The third-order valence-corrected chi connectivity index (χ3v) is 3.92. The van der Waals surface area contributed by atoms with Gasteiger partial charge in [-0.05, 0) is 31.4 Å². The highest BCUT2D eigenvalue weighted by atomic mass is 16.5. The molecule has 1 aliphatic heterocycles. The Morgan fingerprint density at radius 2 is 2.05 bits per heavy atom. The second-order valence-electron chi connectivity index (χ2n) is 5.61. The lowest BCUT2D eigenvalue weighted by atomic mass is 10.1. The minimum absolute atomic E-state index is 0.0593. The maximum atomic E-state index is 12.1. The first kappa shape index (κ1) is 16.6. The van der Waals surface area contributed by atoms with Crippen molar-refractivity contribution in [2.75, 3.05) is 44.8 Å². The van der Waals surface area contributed by atoms with Crippen LogP contribution in [0, 0.1) is 0 Å². The molecule has 1 fully saturated rings. The van der Waals surface area contributed by atoms with Gasteiger partial charge in [0, 0.05) is 45.5 Å². The van der Waals surface area contributed by atoms with Crippen LogP contribution < -0.4 is 10.2 Å². The fourth-order valence-corrected chi connectivity index (χ4v) is 2.75. The van der Waals surface area contributed by atoms with Gasteiger partial charge < -0.3 is 19.9 Å². The van der Waals surface area contributed by atoms with Gasteiger partial charge in [0.25, 0.3) is 0 Å². The third-order valence-electron chi connectivity index (χ3n) is 3.92. The topological polar surface area (TPSA) is 44.8 Å². The number of anilines is 1. The molecule has 122 valence electrons. The molecule has 1 aromatic rings. The number of para-hydroxylation sites is 1. The Balaban J connectivity index is 1.90. The molecule has 1 aromatic carbocycles. The summed E-state index contributed by atoms with van der Waals surface area (Å²) < 4.78 is 5.23. The zero-order chi connectivity index (χ0) is 15.8. The SMILES string of the molecule is CCOCCNC(=O)N(C)Cc1ccccc1N1CCCC1. The number of carbonyl (C=O) groups is 1. The summed E-state index contributed by atoms with van der Waals surface area (Å²) in [6.45, 7) is 6.57. The maximum absolute atomic E-state index is 12.1. The summed E-state index contributed by atoms with van der Waals surface area (Å²) in [6, 6.07) is 8.31. The normalized spacial score (nSPS) is 14.2. The van der Waals surface area contributed by atoms with E-state index in [4.69, 9.17) is 4.74 Å². The van der Waals surface area contributed by atoms with Crippen LogP contribution in [-0.4, -0.2) is 50.8 Å². The van der Waals surface area contributed by atoms with Crippen molar-refractivity contribution in [2.45, 2.75) is 26.3 Å². The van der Waals surface area contributed by atoms with E-state index >= 15 is 0 Å². The lowest BCUT2D eigenvalue weighted by Gasteiger charge is -2.24. The summed E-state index contributed by atoms with van der Waals surface area (Å²) in [5, 5.41) is 2.87. The number of hydrogen-bond acceptors (Lipinski definition) is 3. The molecule has 0 radical (unpaired) electrons. The molecule has 0 aliphatic carbocycles. The van der Waals surface area contributed by atoms with Gasteiger partial charge in [-0.15, -0.1) is 0 Å². The summed E-state index contributed by atoms with van der Waals surface area (Å²) in [4.78, 5) is 16.2. The Morgan fingerprint density at radius 1 is 1.32 bits per heavy atom. The molecule has 0 spiro atoms. The quantitative estimate of drug-likeness (QED) is 0.787. The number of benzene rings is 1. The van der Waals surface area contributed by atoms with E-state index in [1.165, 1.54) is 24.1 Å². The molecule has 22 heavy (non-hydrogen) atoms. The van der Waals surface area contributed by atoms with Crippen molar-refractivity contribution in [1.82, 2.24) is 10.2 Å². The molecule has 2 amide bonds. The average Bonchev–Trinajstić information content (AvgIpc) is 3.06. The third kappa shape index (κ3) is 4.63. The highest BCUT2D eigenvalue weighted by molar-refractivity contribution is 5.74. The molecule has 5 nitrogen and oxygen atoms in total. The van der Waals surface area contributed by atoms with Crippen LogP contribution in [0.5, 0.6) is 0 Å². The molecule has 1 heterocycles. The van der Waals surface area contributed by atoms with Gasteiger partial charge in [-0.1, -0.05) is 18.2 Å². The summed E-state index contributed by atoms with van der Waals surface area (Å²) >= 11 is 0. The number of carbonyl (C=O) groups excluding carboxylic acids is 1. The van der Waals surface area contributed by atoms with Crippen molar-refractivity contribution in [3.05, 3.63) is 29.8 Å². The lowest BCUT2D eigenvalue weighted by Crippen LogP contribution is -2.38. The Kier molecular flexibility index (Phi) is 6.52. The van der Waals surface area contributed by atoms with E-state index in [9.17, 15) is 4.79 Å². The molecule has 5 heteroatoms. The van der Waals surface area contributed by atoms with Gasteiger partial charge in [-0.2, -0.15) is 0 Å². The Hall–Kier alpha value is -1.75. The number of hydrogen-bond donors (Lipinski definition) is 1. The van der Waals surface area contributed by atoms with Crippen molar-refractivity contribution in [3.63, 3.8) is 0 Å². The summed E-state index contributed by atoms with van der Waals surface area (Å²) in [5.41, 5.74) is 2.46. The molecule has 0 atom stereocenters. The lowest BCUT2D eigenvalue weighted by molar-refractivity contribution is 0.146. The smallest absolute Gasteiger partial charge is 0.317 e. The van der Waals surface area contributed by atoms with Gasteiger partial charge >= 0.3 is 6.03 Å². The van der Waals surface area contributed by atoms with Gasteiger partial charge in [-0.3, -0.25) is 0 Å². The first-order chi connectivity index (χ1) is 10.7. The van der Waals surface area contributed by atoms with Crippen molar-refractivity contribution in [2.24, 2.45) is 0 Å². The van der Waals surface area contributed by atoms with Crippen molar-refractivity contribution < 1.29 is 9.53 Å². The first-order valence-electron chi connectivity index (χ1n) is 8.12. The molecular formula is C17H27N3O2. The van der Waals surface area contributed by atoms with E-state index < -0.39 is 0 Å². The number of nitrogens with zero attached hydrogens (tertiary/aromatic N) is 2. The van der Waals surface area contributed by atoms with Crippen LogP contribution in [0.1, 0.15) is 25.3 Å². The van der Waals surface area contributed by atoms with Gasteiger partial charge in [0.15, 0.2) is 0 Å². The molecule has 0 aromatic heterocycles. The van der Waals surface area contributed by atoms with Crippen LogP contribution in [0.2, 0.25) is 0 Å². The first-order valence-corrected chi connectivity index (χ1v) is 8.12. The molecule has 1 N–H and O–H groups in total. The van der Waals surface area contributed by atoms with Crippen LogP contribution in [0.15, 0.2) is 24.3 Å². The van der Waals surface area contributed by atoms with E-state index in [2.05, 4.69) is 28.4 Å². The molecular weight excluding hydrogens is 278 g/mol. The number of amides is 2. The second-order valence-corrected chi connectivity index (χ2v) is 5.61. The number of ether oxygens (including phenoxy) is 1. The zero-order valence-corrected chi connectivity index (χ0v) is 13.7. The fraction of sp³-hybridized carbons (Fsp3) is 0.588. The highest BCUT2D eigenvalue weighted by Gasteiger charge is 2.17. The van der Waals surface area contributed by atoms with Gasteiger partial charge in [0.2, 0.25) is 0 Å². The summed E-state index contributed by atoms with van der Waals surface area (Å²) in [6.07, 6.45) is 2.50. The molecule has 0 bridgehead atoms. The standard InChI is InChI=1S/C17H27N3O2/c1-3-22-13-10-18-17(21)19(2)14-15-8-4-5-9-16(15)20-11-6-7-12-20/h4-5,8-9H,3,6-7,10-14H2,1-2H3,(H,18,21). The molecule has 0 saturated carbocycles. The minimum atomic E-state index is -0.0593. The minimum Gasteiger partial charge on any atom is -0.380 e. The van der Waals surface area contributed by atoms with Crippen LogP contribution in [0.4, 0.5) is 10.5 Å². The number of urea groups is 1. The van der Waals surface area contributed by atoms with Gasteiger partial charge in [0.1, 0.15) is 0 Å². The molecule has 1 saturated heterocycles. The van der Waals surface area contributed by atoms with Gasteiger partial charge in [-0.25, -0.2) is 4.79 Å². The predicted octanol–water partition coefficient (Wildman–Crippen LogP) is 2.46. The van der Waals surface area contributed by atoms with Crippen molar-refractivity contribution in [1.29, 1.82) is 0 Å². The van der Waals surface area contributed by atoms with Crippen molar-refractivity contribution in [3.8, 4) is 0 Å². The average molecular weight is 305 g/mol. The fourth-order valence-electron chi connectivity index (χ4n) is 2.75. The molecule has 2 rings (SSSR count). The van der Waals surface area contributed by atoms with E-state index in [-0.39, 0.29) is 6.03 Å². The van der Waals surface area contributed by atoms with Gasteiger partial charge in [0.05, 0.1) is 6.61 Å². The van der Waals surface area contributed by atoms with Crippen LogP contribution in [0.25, 0.3) is 0 Å². The van der Waals surface area contributed by atoms with Crippen molar-refractivity contribution >= 4 is 11.7 Å². The van der Waals surface area contributed by atoms with E-state index in [0.29, 0.717) is 26.3 Å². The second kappa shape index (κ2) is 8.63. The Morgan fingerprint density at radius 3 is 2.77 bits per heavy atom. The largest absolute Gasteiger partial charge is 0.380 e. The van der Waals surface area contributed by atoms with E-state index in [1.54, 1.807) is 4.90 Å². The maximum Gasteiger partial charge on any atom is 0.317 e. The molecule has 1 aliphatic rings. The zero-order valence-electron chi connectivity index (χ0n) is 13.7. The Bertz CT molecular complexity index is 473. The highest BCUT2D eigenvalue weighted by Crippen LogP contribution is 2.25. The predicted molar refractivity (Wildman–Crippen MR) is 89.2 cm³/mol.